The Hall–Kier alpha value is -1.10. The highest BCUT2D eigenvalue weighted by Gasteiger charge is 2.49. The third-order valence-corrected chi connectivity index (χ3v) is 6.79. The van der Waals surface area contributed by atoms with Gasteiger partial charge in [-0.25, -0.2) is 4.79 Å². The summed E-state index contributed by atoms with van der Waals surface area (Å²) >= 11 is 13.0. The fraction of sp³-hybridized carbons (Fsp3) is 0.556. The molecule has 0 bridgehead atoms. The van der Waals surface area contributed by atoms with Gasteiger partial charge in [-0.3, -0.25) is 5.21 Å². The second-order valence-corrected chi connectivity index (χ2v) is 10.2. The number of thioether (sulfide) groups is 1. The van der Waals surface area contributed by atoms with Crippen LogP contribution in [0.5, 0.6) is 0 Å². The summed E-state index contributed by atoms with van der Waals surface area (Å²) < 4.78 is 5.65. The minimum Gasteiger partial charge on any atom is -0.370 e. The van der Waals surface area contributed by atoms with E-state index in [0.717, 1.165) is 37.9 Å². The van der Waals surface area contributed by atoms with Crippen LogP contribution in [0, 0.1) is 0 Å². The number of nitrogens with zero attached hydrogens (tertiary/aromatic N) is 2. The Morgan fingerprint density at radius 1 is 1.50 bits per heavy atom. The van der Waals surface area contributed by atoms with E-state index in [9.17, 15) is 10.0 Å². The largest absolute Gasteiger partial charge is 0.370 e. The topological polar surface area (TPSA) is 69.5 Å². The molecule has 3 N–H and O–H groups in total. The molecule has 154 valence electrons. The molecule has 2 heterocycles. The van der Waals surface area contributed by atoms with Crippen molar-refractivity contribution < 1.29 is 19.6 Å². The molecular weight excluding hydrogens is 420 g/mol. The number of ether oxygens (including phenoxy) is 1. The van der Waals surface area contributed by atoms with Gasteiger partial charge in [-0.2, -0.15) is 5.06 Å². The van der Waals surface area contributed by atoms with E-state index in [-0.39, 0.29) is 0 Å². The van der Waals surface area contributed by atoms with Crippen molar-refractivity contribution in [1.29, 1.82) is 0 Å². The molecule has 0 saturated carbocycles. The van der Waals surface area contributed by atoms with E-state index < -0.39 is 16.9 Å². The quantitative estimate of drug-likeness (QED) is 0.365. The maximum atomic E-state index is 12.7. The van der Waals surface area contributed by atoms with Crippen LogP contribution in [0.2, 0.25) is 5.02 Å². The first-order valence-corrected chi connectivity index (χ1v) is 10.8. The molecule has 3 rings (SSSR count). The van der Waals surface area contributed by atoms with Crippen LogP contribution in [-0.2, 0) is 4.74 Å². The van der Waals surface area contributed by atoms with E-state index in [2.05, 4.69) is 5.32 Å². The van der Waals surface area contributed by atoms with Crippen LogP contribution < -0.4 is 10.2 Å². The maximum absolute atomic E-state index is 12.7. The number of thiocarbonyl (C=S) groups is 1. The van der Waals surface area contributed by atoms with Crippen LogP contribution in [0.4, 0.5) is 10.5 Å². The number of anilines is 1. The van der Waals surface area contributed by atoms with Crippen molar-refractivity contribution in [3.05, 3.63) is 29.3 Å². The van der Waals surface area contributed by atoms with Crippen molar-refractivity contribution in [2.24, 2.45) is 0 Å². The van der Waals surface area contributed by atoms with E-state index in [4.69, 9.17) is 28.6 Å². The minimum absolute atomic E-state index is 0.447. The number of hydrogen-bond donors (Lipinski definition) is 3. The molecule has 2 aliphatic rings. The van der Waals surface area contributed by atoms with Crippen LogP contribution in [-0.4, -0.2) is 75.8 Å². The van der Waals surface area contributed by atoms with Gasteiger partial charge >= 0.3 is 6.03 Å². The molecule has 2 amide bonds. The molecule has 2 aliphatic heterocycles. The number of benzene rings is 1. The number of halogens is 1. The van der Waals surface area contributed by atoms with Crippen molar-refractivity contribution in [1.82, 2.24) is 9.96 Å². The Balaban J connectivity index is 1.69. The van der Waals surface area contributed by atoms with Gasteiger partial charge in [-0.1, -0.05) is 41.6 Å². The minimum atomic E-state index is -0.616. The van der Waals surface area contributed by atoms with Crippen molar-refractivity contribution in [2.75, 3.05) is 44.7 Å². The van der Waals surface area contributed by atoms with Crippen molar-refractivity contribution in [3.63, 3.8) is 0 Å². The summed E-state index contributed by atoms with van der Waals surface area (Å²) in [7, 11) is 0. The third kappa shape index (κ3) is 5.08. The van der Waals surface area contributed by atoms with Gasteiger partial charge in [0.05, 0.1) is 31.1 Å². The molecule has 10 heteroatoms. The first-order chi connectivity index (χ1) is 13.3. The molecule has 2 saturated heterocycles. The van der Waals surface area contributed by atoms with Crippen LogP contribution >= 0.6 is 35.6 Å². The van der Waals surface area contributed by atoms with Gasteiger partial charge in [-0.05, 0) is 32.0 Å². The Morgan fingerprint density at radius 3 is 2.89 bits per heavy atom. The number of rotatable bonds is 5. The van der Waals surface area contributed by atoms with Crippen LogP contribution in [0.1, 0.15) is 13.8 Å². The highest BCUT2D eigenvalue weighted by Crippen LogP contribution is 2.42. The van der Waals surface area contributed by atoms with E-state index in [1.54, 1.807) is 24.3 Å². The first-order valence-electron chi connectivity index (χ1n) is 9.23. The second kappa shape index (κ2) is 9.15. The zero-order chi connectivity index (χ0) is 20.3. The molecule has 1 unspecified atom stereocenters. The van der Waals surface area contributed by atoms with Crippen molar-refractivity contribution in [3.8, 4) is 0 Å². The summed E-state index contributed by atoms with van der Waals surface area (Å²) in [5.74, 6) is 0. The summed E-state index contributed by atoms with van der Waals surface area (Å²) in [4.78, 5) is 16.1. The van der Waals surface area contributed by atoms with Crippen LogP contribution in [0.3, 0.4) is 0 Å². The molecule has 0 aromatic heterocycles. The molecular formula is C18H26ClN4O3S2+. The smallest absolute Gasteiger partial charge is 0.347 e. The summed E-state index contributed by atoms with van der Waals surface area (Å²) in [6.07, 6.45) is -0.565. The van der Waals surface area contributed by atoms with Crippen molar-refractivity contribution in [2.45, 2.75) is 24.8 Å². The van der Waals surface area contributed by atoms with Gasteiger partial charge in [0.1, 0.15) is 23.6 Å². The van der Waals surface area contributed by atoms with Gasteiger partial charge in [0.15, 0.2) is 0 Å². The highest BCUT2D eigenvalue weighted by atomic mass is 35.5. The Labute approximate surface area is 179 Å². The zero-order valence-corrected chi connectivity index (χ0v) is 18.4. The maximum Gasteiger partial charge on any atom is 0.347 e. The lowest BCUT2D eigenvalue weighted by Gasteiger charge is -2.37. The molecule has 1 aromatic carbocycles. The van der Waals surface area contributed by atoms with E-state index in [1.807, 2.05) is 18.7 Å². The number of hydrogen-bond acceptors (Lipinski definition) is 5. The fourth-order valence-corrected chi connectivity index (χ4v) is 5.61. The Bertz CT molecular complexity index is 731. The predicted molar refractivity (Wildman–Crippen MR) is 115 cm³/mol. The number of carbonyl (C=O) groups is 1. The molecule has 7 nitrogen and oxygen atoms in total. The molecule has 0 radical (unpaired) electrons. The standard InChI is InChI=1S/C18H25ClN4O3S2/c1-18(2)15(23(25)16(24)20-14-5-3-4-13(19)12-14)22(17(27)28-18)7-6-21-8-10-26-11-9-21/h3-5,12,15,25H,6-11H2,1-2H3,(H,20,24)/p+1. The lowest BCUT2D eigenvalue weighted by atomic mass is 10.1. The Morgan fingerprint density at radius 2 is 2.21 bits per heavy atom. The van der Waals surface area contributed by atoms with E-state index >= 15 is 0 Å². The predicted octanol–water partition coefficient (Wildman–Crippen LogP) is 1.92. The number of carbonyl (C=O) groups excluding carboxylic acids is 1. The van der Waals surface area contributed by atoms with E-state index in [1.165, 1.54) is 16.7 Å². The molecule has 28 heavy (non-hydrogen) atoms. The molecule has 0 aliphatic carbocycles. The van der Waals surface area contributed by atoms with Crippen LogP contribution in [0.15, 0.2) is 24.3 Å². The highest BCUT2D eigenvalue weighted by molar-refractivity contribution is 8.24. The second-order valence-electron chi connectivity index (χ2n) is 7.44. The monoisotopic (exact) mass is 445 g/mol. The molecule has 1 atom stereocenters. The lowest BCUT2D eigenvalue weighted by Crippen LogP contribution is -3.14. The SMILES string of the molecule is CC1(C)SC(=S)N(CC[NH+]2CCOCC2)C1N(O)C(=O)Nc1cccc(Cl)c1. The summed E-state index contributed by atoms with van der Waals surface area (Å²) in [5.41, 5.74) is 0.520. The van der Waals surface area contributed by atoms with Gasteiger partial charge in [0.2, 0.25) is 0 Å². The number of hydroxylamine groups is 2. The van der Waals surface area contributed by atoms with E-state index in [0.29, 0.717) is 21.6 Å². The number of quaternary nitrogens is 1. The number of urea groups is 1. The summed E-state index contributed by atoms with van der Waals surface area (Å²) in [5, 5.41) is 14.7. The van der Waals surface area contributed by atoms with Gasteiger partial charge in [0, 0.05) is 10.7 Å². The van der Waals surface area contributed by atoms with Gasteiger partial charge in [-0.15, -0.1) is 0 Å². The molecule has 0 spiro atoms. The third-order valence-electron chi connectivity index (χ3n) is 4.92. The number of nitrogens with one attached hydrogen (secondary N) is 2. The van der Waals surface area contributed by atoms with Crippen molar-refractivity contribution >= 4 is 51.6 Å². The number of morpholine rings is 1. The zero-order valence-electron chi connectivity index (χ0n) is 16.0. The lowest BCUT2D eigenvalue weighted by molar-refractivity contribution is -0.907. The summed E-state index contributed by atoms with van der Waals surface area (Å²) in [6.45, 7) is 8.93. The Kier molecular flexibility index (Phi) is 7.06. The molecule has 1 aromatic rings. The number of amides is 2. The van der Waals surface area contributed by atoms with Gasteiger partial charge < -0.3 is 19.9 Å². The normalized spacial score (nSPS) is 22.4. The average Bonchev–Trinajstić information content (AvgIpc) is 2.88. The summed E-state index contributed by atoms with van der Waals surface area (Å²) in [6, 6.07) is 6.19. The molecule has 2 fully saturated rings. The first kappa shape index (κ1) is 21.6. The average molecular weight is 446 g/mol. The fourth-order valence-electron chi connectivity index (χ4n) is 3.50. The van der Waals surface area contributed by atoms with Gasteiger partial charge in [0.25, 0.3) is 0 Å². The van der Waals surface area contributed by atoms with Crippen LogP contribution in [0.25, 0.3) is 0 Å².